The first-order chi connectivity index (χ1) is 8.54. The third kappa shape index (κ3) is 6.48. The highest BCUT2D eigenvalue weighted by Crippen LogP contribution is 1.91. The first-order valence-electron chi connectivity index (χ1n) is 5.29. The van der Waals surface area contributed by atoms with Gasteiger partial charge in [0.2, 0.25) is 11.8 Å². The number of nitroso groups, excluding NO2 is 1. The van der Waals surface area contributed by atoms with Crippen molar-refractivity contribution in [3.8, 4) is 0 Å². The Morgan fingerprint density at radius 2 is 2.06 bits per heavy atom. The highest BCUT2D eigenvalue weighted by Gasteiger charge is 2.19. The lowest BCUT2D eigenvalue weighted by Gasteiger charge is -2.15. The maximum atomic E-state index is 11.5. The maximum absolute atomic E-state index is 11.5. The van der Waals surface area contributed by atoms with Crippen LogP contribution in [-0.4, -0.2) is 36.9 Å². The fourth-order valence-electron chi connectivity index (χ4n) is 1.05. The number of allylic oxidation sites excluding steroid dienone is 1. The van der Waals surface area contributed by atoms with Gasteiger partial charge in [0, 0.05) is 18.1 Å². The van der Waals surface area contributed by atoms with E-state index in [1.807, 2.05) is 0 Å². The Morgan fingerprint density at radius 1 is 1.39 bits per heavy atom. The van der Waals surface area contributed by atoms with Crippen LogP contribution in [0.1, 0.15) is 12.8 Å². The van der Waals surface area contributed by atoms with Gasteiger partial charge in [0.05, 0.1) is 0 Å². The molecular weight excluding hydrogens is 240 g/mol. The predicted molar refractivity (Wildman–Crippen MR) is 64.2 cm³/mol. The van der Waals surface area contributed by atoms with E-state index in [1.165, 1.54) is 0 Å². The molecule has 8 heteroatoms. The molecule has 0 bridgehead atoms. The average Bonchev–Trinajstić information content (AvgIpc) is 2.39. The van der Waals surface area contributed by atoms with Crippen LogP contribution in [0.5, 0.6) is 0 Å². The van der Waals surface area contributed by atoms with Gasteiger partial charge in [-0.25, -0.2) is 0 Å². The van der Waals surface area contributed by atoms with Gasteiger partial charge < -0.3 is 16.4 Å². The van der Waals surface area contributed by atoms with Crippen molar-refractivity contribution >= 4 is 17.7 Å². The van der Waals surface area contributed by atoms with Crippen molar-refractivity contribution < 1.29 is 14.4 Å². The van der Waals surface area contributed by atoms with Gasteiger partial charge in [0.25, 0.3) is 0 Å². The highest BCUT2D eigenvalue weighted by atomic mass is 16.3. The zero-order valence-electron chi connectivity index (χ0n) is 9.85. The van der Waals surface area contributed by atoms with Crippen LogP contribution in [0.2, 0.25) is 0 Å². The van der Waals surface area contributed by atoms with Gasteiger partial charge in [-0.3, -0.25) is 14.4 Å². The predicted octanol–water partition coefficient (Wildman–Crippen LogP) is -1.19. The molecule has 1 atom stereocenters. The maximum Gasteiger partial charge on any atom is 0.305 e. The Labute approximate surface area is 104 Å². The van der Waals surface area contributed by atoms with E-state index in [0.717, 1.165) is 0 Å². The minimum Gasteiger partial charge on any atom is -0.345 e. The van der Waals surface area contributed by atoms with Crippen LogP contribution in [0, 0.1) is 4.91 Å². The van der Waals surface area contributed by atoms with E-state index in [9.17, 15) is 19.3 Å². The molecule has 0 radical (unpaired) electrons. The Morgan fingerprint density at radius 3 is 2.56 bits per heavy atom. The summed E-state index contributed by atoms with van der Waals surface area (Å²) >= 11 is 0. The number of rotatable bonds is 8. The van der Waals surface area contributed by atoms with Crippen molar-refractivity contribution in [3.05, 3.63) is 17.6 Å². The largest absolute Gasteiger partial charge is 0.345 e. The standard InChI is InChI=1S/C10H16N4O4/c1-2-3-4-8(15)13-7(5-11)10(17)12-6-9(16)14-18/h2,7H,1,3-6,11H2,(H,12,17)(H,13,15). The van der Waals surface area contributed by atoms with Gasteiger partial charge in [-0.2, -0.15) is 0 Å². The van der Waals surface area contributed by atoms with E-state index in [1.54, 1.807) is 6.08 Å². The van der Waals surface area contributed by atoms with Crippen molar-refractivity contribution in [2.75, 3.05) is 13.1 Å². The first-order valence-corrected chi connectivity index (χ1v) is 5.29. The van der Waals surface area contributed by atoms with Crippen LogP contribution >= 0.6 is 0 Å². The number of nitrogens with one attached hydrogen (secondary N) is 2. The normalized spacial score (nSPS) is 11.2. The quantitative estimate of drug-likeness (QED) is 0.371. The lowest BCUT2D eigenvalue weighted by atomic mass is 10.2. The molecule has 0 aromatic rings. The molecule has 100 valence electrons. The Balaban J connectivity index is 4.18. The molecule has 8 nitrogen and oxygen atoms in total. The van der Waals surface area contributed by atoms with Crippen LogP contribution in [0.4, 0.5) is 0 Å². The fraction of sp³-hybridized carbons (Fsp3) is 0.500. The van der Waals surface area contributed by atoms with Crippen molar-refractivity contribution in [2.45, 2.75) is 18.9 Å². The summed E-state index contributed by atoms with van der Waals surface area (Å²) in [6, 6.07) is -0.943. The molecule has 0 aromatic heterocycles. The molecule has 4 N–H and O–H groups in total. The summed E-state index contributed by atoms with van der Waals surface area (Å²) < 4.78 is 0. The first kappa shape index (κ1) is 15.9. The van der Waals surface area contributed by atoms with E-state index in [4.69, 9.17) is 5.73 Å². The third-order valence-electron chi connectivity index (χ3n) is 1.98. The summed E-state index contributed by atoms with van der Waals surface area (Å²) in [5.74, 6) is -1.99. The molecule has 0 spiro atoms. The number of carbonyl (C=O) groups is 3. The second-order valence-electron chi connectivity index (χ2n) is 3.39. The summed E-state index contributed by atoms with van der Waals surface area (Å²) in [6.07, 6.45) is 2.26. The molecule has 1 unspecified atom stereocenters. The molecule has 0 aliphatic heterocycles. The molecule has 0 saturated heterocycles. The minimum atomic E-state index is -1.00. The van der Waals surface area contributed by atoms with Gasteiger partial charge in [-0.15, -0.1) is 11.5 Å². The topological polar surface area (TPSA) is 131 Å². The minimum absolute atomic E-state index is 0.117. The Bertz CT molecular complexity index is 343. The fourth-order valence-corrected chi connectivity index (χ4v) is 1.05. The van der Waals surface area contributed by atoms with Crippen LogP contribution in [0.15, 0.2) is 17.8 Å². The van der Waals surface area contributed by atoms with Crippen molar-refractivity contribution in [1.82, 2.24) is 10.6 Å². The summed E-state index contributed by atoms with van der Waals surface area (Å²) in [4.78, 5) is 43.2. The number of carbonyl (C=O) groups excluding carboxylic acids is 3. The molecule has 0 aliphatic rings. The average molecular weight is 256 g/mol. The number of amides is 3. The third-order valence-corrected chi connectivity index (χ3v) is 1.98. The Kier molecular flexibility index (Phi) is 7.95. The zero-order valence-corrected chi connectivity index (χ0v) is 9.85. The number of nitrogens with two attached hydrogens (primary N) is 1. The number of hydrogen-bond donors (Lipinski definition) is 3. The Hall–Kier alpha value is -2.09. The van der Waals surface area contributed by atoms with Crippen molar-refractivity contribution in [2.24, 2.45) is 10.9 Å². The second kappa shape index (κ2) is 8.99. The summed E-state index contributed by atoms with van der Waals surface area (Å²) in [5, 5.41) is 6.66. The summed E-state index contributed by atoms with van der Waals surface area (Å²) in [6.45, 7) is 2.83. The molecule has 0 heterocycles. The van der Waals surface area contributed by atoms with Crippen LogP contribution in [-0.2, 0) is 14.4 Å². The molecule has 3 amide bonds. The lowest BCUT2D eigenvalue weighted by molar-refractivity contribution is -0.129. The molecule has 0 fully saturated rings. The van der Waals surface area contributed by atoms with Gasteiger partial charge in [-0.1, -0.05) is 6.08 Å². The lowest BCUT2D eigenvalue weighted by Crippen LogP contribution is -2.51. The molecule has 0 rings (SSSR count). The molecular formula is C10H16N4O4. The highest BCUT2D eigenvalue weighted by molar-refractivity contribution is 5.90. The van der Waals surface area contributed by atoms with Gasteiger partial charge in [-0.05, 0) is 6.42 Å². The molecule has 0 aromatic carbocycles. The summed E-state index contributed by atoms with van der Waals surface area (Å²) in [7, 11) is 0. The van der Waals surface area contributed by atoms with E-state index in [2.05, 4.69) is 22.4 Å². The van der Waals surface area contributed by atoms with Gasteiger partial charge >= 0.3 is 5.91 Å². The number of nitrogens with zero attached hydrogens (tertiary/aromatic N) is 1. The SMILES string of the molecule is C=CCCC(=O)NC(CN)C(=O)NCC(=O)N=O. The zero-order chi connectivity index (χ0) is 14.0. The van der Waals surface area contributed by atoms with Crippen molar-refractivity contribution in [3.63, 3.8) is 0 Å². The van der Waals surface area contributed by atoms with E-state index < -0.39 is 24.4 Å². The van der Waals surface area contributed by atoms with Crippen molar-refractivity contribution in [1.29, 1.82) is 0 Å². The molecule has 0 saturated carbocycles. The van der Waals surface area contributed by atoms with Crippen LogP contribution < -0.4 is 16.4 Å². The number of hydrogen-bond acceptors (Lipinski definition) is 5. The van der Waals surface area contributed by atoms with E-state index in [0.29, 0.717) is 6.42 Å². The van der Waals surface area contributed by atoms with Crippen LogP contribution in [0.3, 0.4) is 0 Å². The van der Waals surface area contributed by atoms with Gasteiger partial charge in [0.15, 0.2) is 0 Å². The van der Waals surface area contributed by atoms with E-state index >= 15 is 0 Å². The smallest absolute Gasteiger partial charge is 0.305 e. The van der Waals surface area contributed by atoms with Gasteiger partial charge in [0.1, 0.15) is 12.6 Å². The van der Waals surface area contributed by atoms with E-state index in [-0.39, 0.29) is 18.9 Å². The molecule has 0 aliphatic carbocycles. The molecule has 18 heavy (non-hydrogen) atoms. The van der Waals surface area contributed by atoms with Crippen LogP contribution in [0.25, 0.3) is 0 Å². The monoisotopic (exact) mass is 256 g/mol. The second-order valence-corrected chi connectivity index (χ2v) is 3.39. The summed E-state index contributed by atoms with van der Waals surface area (Å²) in [5.41, 5.74) is 5.32.